The second-order valence-electron chi connectivity index (χ2n) is 5.57. The average Bonchev–Trinajstić information content (AvgIpc) is 2.73. The molecule has 1 fully saturated rings. The number of hydrogen-bond donors (Lipinski definition) is 1. The van der Waals surface area contributed by atoms with Crippen LogP contribution in [0.2, 0.25) is 0 Å². The Morgan fingerprint density at radius 1 is 1.18 bits per heavy atom. The van der Waals surface area contributed by atoms with Crippen molar-refractivity contribution in [1.82, 2.24) is 9.21 Å². The summed E-state index contributed by atoms with van der Waals surface area (Å²) < 4.78 is 39.5. The minimum Gasteiger partial charge on any atom is -0.392 e. The molecule has 0 bridgehead atoms. The molecule has 2 rings (SSSR count). The summed E-state index contributed by atoms with van der Waals surface area (Å²) in [6, 6.07) is 4.92. The zero-order valence-electron chi connectivity index (χ0n) is 12.8. The van der Waals surface area contributed by atoms with E-state index in [1.165, 1.54) is 16.4 Å². The van der Waals surface area contributed by atoms with Crippen LogP contribution in [0.1, 0.15) is 19.8 Å². The number of β-amino-alcohol motifs (C(OH)–C–C–N with tert-alkyl or cyclic N) is 1. The summed E-state index contributed by atoms with van der Waals surface area (Å²) >= 11 is 0. The number of sulfonamides is 1. The van der Waals surface area contributed by atoms with Gasteiger partial charge in [0.2, 0.25) is 10.0 Å². The first-order valence-corrected chi connectivity index (χ1v) is 9.03. The molecule has 0 radical (unpaired) electrons. The first kappa shape index (κ1) is 17.3. The van der Waals surface area contributed by atoms with Crippen molar-refractivity contribution in [3.05, 3.63) is 30.1 Å². The van der Waals surface area contributed by atoms with E-state index in [1.54, 1.807) is 0 Å². The minimum atomic E-state index is -3.58. The lowest BCUT2D eigenvalue weighted by Gasteiger charge is -2.23. The molecule has 0 spiro atoms. The van der Waals surface area contributed by atoms with Gasteiger partial charge in [0, 0.05) is 26.2 Å². The lowest BCUT2D eigenvalue weighted by molar-refractivity contribution is 0.112. The topological polar surface area (TPSA) is 60.9 Å². The quantitative estimate of drug-likeness (QED) is 0.884. The number of rotatable bonds is 5. The molecule has 1 N–H and O–H groups in total. The second kappa shape index (κ2) is 7.50. The maximum absolute atomic E-state index is 12.9. The molecule has 5 nitrogen and oxygen atoms in total. The molecule has 7 heteroatoms. The van der Waals surface area contributed by atoms with Crippen LogP contribution in [0.4, 0.5) is 4.39 Å². The predicted molar refractivity (Wildman–Crippen MR) is 82.5 cm³/mol. The molecule has 0 amide bonds. The fourth-order valence-electron chi connectivity index (χ4n) is 2.55. The van der Waals surface area contributed by atoms with E-state index >= 15 is 0 Å². The Morgan fingerprint density at radius 2 is 1.86 bits per heavy atom. The smallest absolute Gasteiger partial charge is 0.243 e. The number of benzene rings is 1. The molecule has 1 aromatic carbocycles. The van der Waals surface area contributed by atoms with Crippen LogP contribution in [-0.4, -0.2) is 61.6 Å². The van der Waals surface area contributed by atoms with Crippen LogP contribution in [0.15, 0.2) is 29.2 Å². The largest absolute Gasteiger partial charge is 0.392 e. The second-order valence-corrected chi connectivity index (χ2v) is 7.51. The summed E-state index contributed by atoms with van der Waals surface area (Å²) in [5, 5.41) is 9.72. The van der Waals surface area contributed by atoms with Crippen molar-refractivity contribution in [2.24, 2.45) is 0 Å². The van der Waals surface area contributed by atoms with Gasteiger partial charge in [-0.15, -0.1) is 0 Å². The standard InChI is InChI=1S/C15H23FN2O3S/c1-2-14(19)12-17-8-3-9-18(11-10-17)22(20,21)15-6-4-13(16)5-7-15/h4-7,14,19H,2-3,8-12H2,1H3. The Kier molecular flexibility index (Phi) is 5.91. The molecule has 1 aliphatic rings. The molecule has 0 aliphatic carbocycles. The fraction of sp³-hybridized carbons (Fsp3) is 0.600. The third-order valence-corrected chi connectivity index (χ3v) is 5.85. The number of hydrogen-bond acceptors (Lipinski definition) is 4. The fourth-order valence-corrected chi connectivity index (χ4v) is 4.02. The van der Waals surface area contributed by atoms with Crippen molar-refractivity contribution in [2.75, 3.05) is 32.7 Å². The molecule has 22 heavy (non-hydrogen) atoms. The molecular weight excluding hydrogens is 307 g/mol. The molecule has 1 aromatic rings. The first-order chi connectivity index (χ1) is 10.4. The van der Waals surface area contributed by atoms with Gasteiger partial charge in [-0.05, 0) is 43.7 Å². The van der Waals surface area contributed by atoms with Gasteiger partial charge in [0.15, 0.2) is 0 Å². The highest BCUT2D eigenvalue weighted by molar-refractivity contribution is 7.89. The monoisotopic (exact) mass is 330 g/mol. The average molecular weight is 330 g/mol. The van der Waals surface area contributed by atoms with Gasteiger partial charge >= 0.3 is 0 Å². The van der Waals surface area contributed by atoms with Gasteiger partial charge in [0.05, 0.1) is 11.0 Å². The Labute approximate surface area is 131 Å². The normalized spacial score (nSPS) is 19.8. The highest BCUT2D eigenvalue weighted by Gasteiger charge is 2.27. The summed E-state index contributed by atoms with van der Waals surface area (Å²) in [6.07, 6.45) is 1.03. The van der Waals surface area contributed by atoms with Crippen LogP contribution in [0.5, 0.6) is 0 Å². The van der Waals surface area contributed by atoms with Crippen molar-refractivity contribution in [3.8, 4) is 0 Å². The molecule has 0 saturated carbocycles. The maximum Gasteiger partial charge on any atom is 0.243 e. The van der Waals surface area contributed by atoms with Crippen LogP contribution < -0.4 is 0 Å². The summed E-state index contributed by atoms with van der Waals surface area (Å²) in [6.45, 7) is 4.69. The van der Waals surface area contributed by atoms with Gasteiger partial charge in [-0.1, -0.05) is 6.92 Å². The van der Waals surface area contributed by atoms with Crippen LogP contribution in [-0.2, 0) is 10.0 Å². The van der Waals surface area contributed by atoms with Crippen LogP contribution >= 0.6 is 0 Å². The van der Waals surface area contributed by atoms with Crippen LogP contribution in [0, 0.1) is 5.82 Å². The van der Waals surface area contributed by atoms with E-state index in [1.807, 2.05) is 6.92 Å². The highest BCUT2D eigenvalue weighted by atomic mass is 32.2. The zero-order chi connectivity index (χ0) is 16.2. The van der Waals surface area contributed by atoms with Gasteiger partial charge in [-0.3, -0.25) is 4.90 Å². The molecule has 124 valence electrons. The van der Waals surface area contributed by atoms with E-state index in [9.17, 15) is 17.9 Å². The summed E-state index contributed by atoms with van der Waals surface area (Å²) in [7, 11) is -3.58. The van der Waals surface area contributed by atoms with Gasteiger partial charge in [0.25, 0.3) is 0 Å². The molecule has 0 aromatic heterocycles. The Morgan fingerprint density at radius 3 is 2.50 bits per heavy atom. The molecule has 1 saturated heterocycles. The molecule has 1 heterocycles. The van der Waals surface area contributed by atoms with Gasteiger partial charge in [-0.2, -0.15) is 4.31 Å². The van der Waals surface area contributed by atoms with Crippen molar-refractivity contribution < 1.29 is 17.9 Å². The van der Waals surface area contributed by atoms with Crippen molar-refractivity contribution in [1.29, 1.82) is 0 Å². The number of aliphatic hydroxyl groups excluding tert-OH is 1. The van der Waals surface area contributed by atoms with Crippen molar-refractivity contribution >= 4 is 10.0 Å². The zero-order valence-corrected chi connectivity index (χ0v) is 13.6. The SMILES string of the molecule is CCC(O)CN1CCCN(S(=O)(=O)c2ccc(F)cc2)CC1. The van der Waals surface area contributed by atoms with Gasteiger partial charge in [0.1, 0.15) is 5.82 Å². The highest BCUT2D eigenvalue weighted by Crippen LogP contribution is 2.18. The Bertz CT molecular complexity index is 577. The third kappa shape index (κ3) is 4.25. The van der Waals surface area contributed by atoms with Crippen molar-refractivity contribution in [3.63, 3.8) is 0 Å². The maximum atomic E-state index is 12.9. The molecule has 1 aliphatic heterocycles. The van der Waals surface area contributed by atoms with E-state index in [0.29, 0.717) is 32.6 Å². The minimum absolute atomic E-state index is 0.121. The summed E-state index contributed by atoms with van der Waals surface area (Å²) in [5.41, 5.74) is 0. The number of aliphatic hydroxyl groups is 1. The number of nitrogens with zero attached hydrogens (tertiary/aromatic N) is 2. The van der Waals surface area contributed by atoms with Crippen LogP contribution in [0.25, 0.3) is 0 Å². The summed E-state index contributed by atoms with van der Waals surface area (Å²) in [5.74, 6) is -0.449. The van der Waals surface area contributed by atoms with E-state index in [4.69, 9.17) is 0 Å². The molecule has 1 unspecified atom stereocenters. The summed E-state index contributed by atoms with van der Waals surface area (Å²) in [4.78, 5) is 2.21. The van der Waals surface area contributed by atoms with Crippen LogP contribution in [0.3, 0.4) is 0 Å². The van der Waals surface area contributed by atoms with E-state index < -0.39 is 15.8 Å². The van der Waals surface area contributed by atoms with E-state index in [0.717, 1.165) is 25.1 Å². The molecule has 1 atom stereocenters. The Balaban J connectivity index is 2.05. The first-order valence-electron chi connectivity index (χ1n) is 7.59. The lowest BCUT2D eigenvalue weighted by Crippen LogP contribution is -2.37. The number of halogens is 1. The van der Waals surface area contributed by atoms with Gasteiger partial charge in [-0.25, -0.2) is 12.8 Å². The van der Waals surface area contributed by atoms with E-state index in [2.05, 4.69) is 4.90 Å². The van der Waals surface area contributed by atoms with Crippen molar-refractivity contribution in [2.45, 2.75) is 30.8 Å². The molecular formula is C15H23FN2O3S. The third-order valence-electron chi connectivity index (χ3n) is 3.94. The predicted octanol–water partition coefficient (Wildman–Crippen LogP) is 1.29. The van der Waals surface area contributed by atoms with E-state index in [-0.39, 0.29) is 11.0 Å². The van der Waals surface area contributed by atoms with Gasteiger partial charge < -0.3 is 5.11 Å². The lowest BCUT2D eigenvalue weighted by atomic mass is 10.2. The Hall–Kier alpha value is -1.02.